The smallest absolute Gasteiger partial charge is 0.108 e. The van der Waals surface area contributed by atoms with Gasteiger partial charge in [0.2, 0.25) is 0 Å². The van der Waals surface area contributed by atoms with E-state index < -0.39 is 0 Å². The van der Waals surface area contributed by atoms with Crippen molar-refractivity contribution >= 4 is 0 Å². The highest BCUT2D eigenvalue weighted by Crippen LogP contribution is 2.35. The third-order valence-electron chi connectivity index (χ3n) is 4.79. The SMILES string of the molecule is CCC1CCCCN1C1CCC(C#N)(NC)C1. The maximum Gasteiger partial charge on any atom is 0.108 e. The number of likely N-dealkylation sites (tertiary alicyclic amines) is 1. The summed E-state index contributed by atoms with van der Waals surface area (Å²) in [6, 6.07) is 3.89. The van der Waals surface area contributed by atoms with E-state index in [0.717, 1.165) is 18.9 Å². The van der Waals surface area contributed by atoms with Gasteiger partial charge in [0.25, 0.3) is 0 Å². The van der Waals surface area contributed by atoms with E-state index in [1.807, 2.05) is 7.05 Å². The lowest BCUT2D eigenvalue weighted by molar-refractivity contribution is 0.0915. The van der Waals surface area contributed by atoms with E-state index in [2.05, 4.69) is 23.2 Å². The molecule has 96 valence electrons. The normalized spacial score (nSPS) is 39.1. The quantitative estimate of drug-likeness (QED) is 0.815. The number of nitrogens with zero attached hydrogens (tertiary/aromatic N) is 2. The van der Waals surface area contributed by atoms with Gasteiger partial charge in [0, 0.05) is 12.1 Å². The lowest BCUT2D eigenvalue weighted by Crippen LogP contribution is -2.47. The van der Waals surface area contributed by atoms with Crippen LogP contribution in [0.25, 0.3) is 0 Å². The molecule has 2 aliphatic rings. The lowest BCUT2D eigenvalue weighted by atomic mass is 9.95. The number of nitriles is 1. The molecular weight excluding hydrogens is 210 g/mol. The van der Waals surface area contributed by atoms with Gasteiger partial charge in [-0.1, -0.05) is 13.3 Å². The highest BCUT2D eigenvalue weighted by atomic mass is 15.2. The van der Waals surface area contributed by atoms with Crippen LogP contribution in [0.4, 0.5) is 0 Å². The Morgan fingerprint density at radius 3 is 2.82 bits per heavy atom. The van der Waals surface area contributed by atoms with Gasteiger partial charge < -0.3 is 5.32 Å². The summed E-state index contributed by atoms with van der Waals surface area (Å²) in [4.78, 5) is 2.69. The molecule has 1 aliphatic heterocycles. The highest BCUT2D eigenvalue weighted by molar-refractivity contribution is 5.13. The Morgan fingerprint density at radius 2 is 2.24 bits per heavy atom. The van der Waals surface area contributed by atoms with E-state index in [1.165, 1.54) is 38.6 Å². The summed E-state index contributed by atoms with van der Waals surface area (Å²) in [5.74, 6) is 0. The summed E-state index contributed by atoms with van der Waals surface area (Å²) in [6.45, 7) is 3.54. The first-order valence-electron chi connectivity index (χ1n) is 7.10. The Kier molecular flexibility index (Phi) is 4.06. The molecule has 0 aromatic carbocycles. The van der Waals surface area contributed by atoms with Gasteiger partial charge in [-0.25, -0.2) is 0 Å². The highest BCUT2D eigenvalue weighted by Gasteiger charge is 2.42. The molecule has 1 heterocycles. The number of hydrogen-bond donors (Lipinski definition) is 1. The van der Waals surface area contributed by atoms with Gasteiger partial charge in [0.15, 0.2) is 0 Å². The van der Waals surface area contributed by atoms with E-state index in [9.17, 15) is 5.26 Å². The first-order valence-corrected chi connectivity index (χ1v) is 7.10. The van der Waals surface area contributed by atoms with Crippen LogP contribution >= 0.6 is 0 Å². The number of piperidine rings is 1. The van der Waals surface area contributed by atoms with Crippen LogP contribution in [0, 0.1) is 11.3 Å². The van der Waals surface area contributed by atoms with E-state index in [-0.39, 0.29) is 5.54 Å². The van der Waals surface area contributed by atoms with Crippen LogP contribution in [0.2, 0.25) is 0 Å². The van der Waals surface area contributed by atoms with Crippen LogP contribution in [0.3, 0.4) is 0 Å². The van der Waals surface area contributed by atoms with Gasteiger partial charge in [-0.05, 0) is 52.1 Å². The van der Waals surface area contributed by atoms with Gasteiger partial charge in [-0.3, -0.25) is 4.90 Å². The second-order valence-corrected chi connectivity index (χ2v) is 5.64. The molecule has 2 fully saturated rings. The zero-order valence-electron chi connectivity index (χ0n) is 11.2. The average molecular weight is 235 g/mol. The van der Waals surface area contributed by atoms with Gasteiger partial charge in [0.1, 0.15) is 5.54 Å². The molecule has 0 aromatic rings. The van der Waals surface area contributed by atoms with Crippen molar-refractivity contribution in [2.75, 3.05) is 13.6 Å². The lowest BCUT2D eigenvalue weighted by Gasteiger charge is -2.40. The van der Waals surface area contributed by atoms with Crippen molar-refractivity contribution in [3.63, 3.8) is 0 Å². The van der Waals surface area contributed by atoms with Gasteiger partial charge in [-0.2, -0.15) is 5.26 Å². The Bertz CT molecular complexity index is 296. The molecule has 3 unspecified atom stereocenters. The monoisotopic (exact) mass is 235 g/mol. The molecule has 0 radical (unpaired) electrons. The zero-order valence-corrected chi connectivity index (χ0v) is 11.2. The zero-order chi connectivity index (χ0) is 12.3. The first kappa shape index (κ1) is 12.9. The summed E-state index contributed by atoms with van der Waals surface area (Å²) in [6.07, 6.45) is 8.55. The summed E-state index contributed by atoms with van der Waals surface area (Å²) in [5, 5.41) is 12.6. The van der Waals surface area contributed by atoms with Gasteiger partial charge >= 0.3 is 0 Å². The van der Waals surface area contributed by atoms with Gasteiger partial charge in [0.05, 0.1) is 6.07 Å². The van der Waals surface area contributed by atoms with Crippen molar-refractivity contribution in [2.45, 2.75) is 69.5 Å². The van der Waals surface area contributed by atoms with Crippen LogP contribution in [0.15, 0.2) is 0 Å². The van der Waals surface area contributed by atoms with Crippen molar-refractivity contribution in [3.05, 3.63) is 0 Å². The fraction of sp³-hybridized carbons (Fsp3) is 0.929. The Balaban J connectivity index is 2.02. The third-order valence-corrected chi connectivity index (χ3v) is 4.79. The molecule has 1 aliphatic carbocycles. The van der Waals surface area contributed by atoms with Crippen LogP contribution in [-0.4, -0.2) is 36.1 Å². The summed E-state index contributed by atoms with van der Waals surface area (Å²) < 4.78 is 0. The van der Waals surface area contributed by atoms with E-state index in [1.54, 1.807) is 0 Å². The molecule has 1 saturated heterocycles. The molecule has 2 rings (SSSR count). The fourth-order valence-electron chi connectivity index (χ4n) is 3.63. The Hall–Kier alpha value is -0.590. The average Bonchev–Trinajstić information content (AvgIpc) is 2.83. The fourth-order valence-corrected chi connectivity index (χ4v) is 3.63. The van der Waals surface area contributed by atoms with Crippen molar-refractivity contribution in [2.24, 2.45) is 0 Å². The minimum Gasteiger partial charge on any atom is -0.302 e. The maximum atomic E-state index is 9.32. The Labute approximate surface area is 105 Å². The van der Waals surface area contributed by atoms with Crippen molar-refractivity contribution < 1.29 is 0 Å². The molecule has 0 amide bonds. The molecule has 3 heteroatoms. The van der Waals surface area contributed by atoms with Crippen molar-refractivity contribution in [3.8, 4) is 6.07 Å². The van der Waals surface area contributed by atoms with E-state index >= 15 is 0 Å². The molecule has 3 nitrogen and oxygen atoms in total. The predicted octanol–water partition coefficient (Wildman–Crippen LogP) is 2.29. The molecule has 1 N–H and O–H groups in total. The Morgan fingerprint density at radius 1 is 1.41 bits per heavy atom. The number of hydrogen-bond acceptors (Lipinski definition) is 3. The molecule has 1 saturated carbocycles. The number of rotatable bonds is 3. The summed E-state index contributed by atoms with van der Waals surface area (Å²) in [7, 11) is 1.93. The van der Waals surface area contributed by atoms with Crippen LogP contribution < -0.4 is 5.32 Å². The minimum absolute atomic E-state index is 0.250. The standard InChI is InChI=1S/C14H25N3/c1-3-12-6-4-5-9-17(12)13-7-8-14(10-13,11-15)16-2/h12-13,16H,3-10H2,1-2H3. The predicted molar refractivity (Wildman–Crippen MR) is 69.7 cm³/mol. The van der Waals surface area contributed by atoms with Gasteiger partial charge in [-0.15, -0.1) is 0 Å². The van der Waals surface area contributed by atoms with Crippen molar-refractivity contribution in [1.82, 2.24) is 10.2 Å². The molecule has 17 heavy (non-hydrogen) atoms. The van der Waals surface area contributed by atoms with Crippen LogP contribution in [-0.2, 0) is 0 Å². The molecule has 0 aromatic heterocycles. The largest absolute Gasteiger partial charge is 0.302 e. The summed E-state index contributed by atoms with van der Waals surface area (Å²) in [5.41, 5.74) is -0.250. The first-order chi connectivity index (χ1) is 8.24. The van der Waals surface area contributed by atoms with E-state index in [4.69, 9.17) is 0 Å². The topological polar surface area (TPSA) is 39.1 Å². The maximum absolute atomic E-state index is 9.32. The van der Waals surface area contributed by atoms with Crippen molar-refractivity contribution in [1.29, 1.82) is 5.26 Å². The minimum atomic E-state index is -0.250. The molecule has 0 spiro atoms. The summed E-state index contributed by atoms with van der Waals surface area (Å²) >= 11 is 0. The molecular formula is C14H25N3. The number of nitrogens with one attached hydrogen (secondary N) is 1. The van der Waals surface area contributed by atoms with E-state index in [0.29, 0.717) is 6.04 Å². The van der Waals surface area contributed by atoms with Crippen LogP contribution in [0.5, 0.6) is 0 Å². The third kappa shape index (κ3) is 2.48. The molecule has 3 atom stereocenters. The molecule has 0 bridgehead atoms. The second kappa shape index (κ2) is 5.37. The second-order valence-electron chi connectivity index (χ2n) is 5.64. The van der Waals surface area contributed by atoms with Crippen LogP contribution in [0.1, 0.15) is 51.9 Å².